The topological polar surface area (TPSA) is 46.3 Å². The van der Waals surface area contributed by atoms with Gasteiger partial charge in [0, 0.05) is 23.5 Å². The number of likely N-dealkylation sites (tertiary alicyclic amines) is 1. The Bertz CT molecular complexity index is 660. The van der Waals surface area contributed by atoms with E-state index >= 15 is 0 Å². The van der Waals surface area contributed by atoms with E-state index in [0.29, 0.717) is 0 Å². The molecule has 0 saturated carbocycles. The van der Waals surface area contributed by atoms with Crippen LogP contribution in [-0.4, -0.2) is 23.9 Å². The van der Waals surface area contributed by atoms with Gasteiger partial charge in [-0.05, 0) is 47.9 Å². The monoisotopic (exact) mass is 288 g/mol. The van der Waals surface area contributed by atoms with Crippen molar-refractivity contribution in [3.05, 3.63) is 29.1 Å². The quantitative estimate of drug-likeness (QED) is 0.812. The molecule has 1 aromatic heterocycles. The molecule has 0 spiro atoms. The zero-order valence-electron chi connectivity index (χ0n) is 12.0. The zero-order valence-corrected chi connectivity index (χ0v) is 12.8. The van der Waals surface area contributed by atoms with Gasteiger partial charge < -0.3 is 10.6 Å². The molecule has 106 valence electrons. The highest BCUT2D eigenvalue weighted by Crippen LogP contribution is 2.32. The Hall–Kier alpha value is -1.55. The molecule has 2 aromatic rings. The van der Waals surface area contributed by atoms with E-state index in [1.807, 2.05) is 29.2 Å². The van der Waals surface area contributed by atoms with Crippen LogP contribution in [0.1, 0.15) is 36.4 Å². The van der Waals surface area contributed by atoms with Crippen molar-refractivity contribution in [3.8, 4) is 0 Å². The summed E-state index contributed by atoms with van der Waals surface area (Å²) >= 11 is 1.56. The number of fused-ring (bicyclic) bond motifs is 1. The third kappa shape index (κ3) is 2.52. The van der Waals surface area contributed by atoms with Gasteiger partial charge in [0.05, 0.1) is 4.88 Å². The molecule has 1 aliphatic rings. The minimum absolute atomic E-state index is 0.164. The van der Waals surface area contributed by atoms with E-state index in [2.05, 4.69) is 13.8 Å². The Labute approximate surface area is 123 Å². The van der Waals surface area contributed by atoms with Crippen LogP contribution in [-0.2, 0) is 0 Å². The van der Waals surface area contributed by atoms with E-state index in [0.717, 1.165) is 40.2 Å². The smallest absolute Gasteiger partial charge is 0.263 e. The van der Waals surface area contributed by atoms with Crippen LogP contribution in [0.5, 0.6) is 0 Å². The van der Waals surface area contributed by atoms with Crippen LogP contribution in [0.4, 0.5) is 5.69 Å². The molecule has 3 nitrogen and oxygen atoms in total. The number of amides is 1. The van der Waals surface area contributed by atoms with E-state index in [4.69, 9.17) is 5.73 Å². The second kappa shape index (κ2) is 4.77. The second-order valence-corrected chi connectivity index (χ2v) is 7.49. The summed E-state index contributed by atoms with van der Waals surface area (Å²) in [6.07, 6.45) is 2.29. The summed E-state index contributed by atoms with van der Waals surface area (Å²) in [4.78, 5) is 15.5. The van der Waals surface area contributed by atoms with Crippen molar-refractivity contribution in [2.75, 3.05) is 18.8 Å². The van der Waals surface area contributed by atoms with Crippen molar-refractivity contribution in [3.63, 3.8) is 0 Å². The van der Waals surface area contributed by atoms with E-state index in [1.165, 1.54) is 6.42 Å². The maximum absolute atomic E-state index is 12.6. The van der Waals surface area contributed by atoms with Crippen LogP contribution in [0.2, 0.25) is 0 Å². The van der Waals surface area contributed by atoms with Crippen molar-refractivity contribution in [2.45, 2.75) is 26.7 Å². The number of benzene rings is 1. The Morgan fingerprint density at radius 3 is 2.90 bits per heavy atom. The molecular weight excluding hydrogens is 268 g/mol. The van der Waals surface area contributed by atoms with Crippen molar-refractivity contribution in [2.24, 2.45) is 5.41 Å². The number of nitrogens with zero attached hydrogens (tertiary/aromatic N) is 1. The van der Waals surface area contributed by atoms with Crippen LogP contribution < -0.4 is 5.73 Å². The number of nitrogens with two attached hydrogens (primary N) is 1. The first-order valence-electron chi connectivity index (χ1n) is 7.03. The third-order valence-electron chi connectivity index (χ3n) is 3.94. The SMILES string of the molecule is CC1(C)CCCN(C(=O)c2cc3cc(N)ccc3s2)C1. The van der Waals surface area contributed by atoms with Crippen molar-refractivity contribution < 1.29 is 4.79 Å². The summed E-state index contributed by atoms with van der Waals surface area (Å²) in [5.41, 5.74) is 6.77. The highest BCUT2D eigenvalue weighted by molar-refractivity contribution is 7.20. The van der Waals surface area contributed by atoms with Gasteiger partial charge in [0.15, 0.2) is 0 Å². The summed E-state index contributed by atoms with van der Waals surface area (Å²) < 4.78 is 1.12. The molecule has 0 radical (unpaired) electrons. The van der Waals surface area contributed by atoms with Crippen molar-refractivity contribution in [1.29, 1.82) is 0 Å². The standard InChI is InChI=1S/C16H20N2OS/c1-16(2)6-3-7-18(10-16)15(19)14-9-11-8-12(17)4-5-13(11)20-14/h4-5,8-9H,3,6-7,10,17H2,1-2H3. The van der Waals surface area contributed by atoms with Gasteiger partial charge in [-0.25, -0.2) is 0 Å². The fourth-order valence-corrected chi connectivity index (χ4v) is 3.93. The highest BCUT2D eigenvalue weighted by Gasteiger charge is 2.30. The van der Waals surface area contributed by atoms with Gasteiger partial charge in [-0.1, -0.05) is 13.8 Å². The molecule has 0 bridgehead atoms. The fourth-order valence-electron chi connectivity index (χ4n) is 2.92. The maximum atomic E-state index is 12.6. The summed E-state index contributed by atoms with van der Waals surface area (Å²) in [5, 5.41) is 1.06. The van der Waals surface area contributed by atoms with Crippen LogP contribution in [0.3, 0.4) is 0 Å². The first kappa shape index (κ1) is 13.4. The maximum Gasteiger partial charge on any atom is 0.263 e. The Morgan fingerprint density at radius 2 is 2.15 bits per heavy atom. The fraction of sp³-hybridized carbons (Fsp3) is 0.438. The predicted molar refractivity (Wildman–Crippen MR) is 85.2 cm³/mol. The number of thiophene rings is 1. The van der Waals surface area contributed by atoms with Crippen LogP contribution in [0, 0.1) is 5.41 Å². The Kier molecular flexibility index (Phi) is 3.21. The zero-order chi connectivity index (χ0) is 14.3. The molecule has 3 rings (SSSR count). The summed E-state index contributed by atoms with van der Waals surface area (Å²) in [6, 6.07) is 7.78. The first-order chi connectivity index (χ1) is 9.44. The van der Waals surface area contributed by atoms with Crippen LogP contribution in [0.25, 0.3) is 10.1 Å². The van der Waals surface area contributed by atoms with Crippen molar-refractivity contribution >= 4 is 33.0 Å². The molecule has 1 aliphatic heterocycles. The van der Waals surface area contributed by atoms with E-state index in [1.54, 1.807) is 11.3 Å². The van der Waals surface area contributed by atoms with Gasteiger partial charge in [0.25, 0.3) is 5.91 Å². The average Bonchev–Trinajstić information content (AvgIpc) is 2.79. The molecule has 20 heavy (non-hydrogen) atoms. The lowest BCUT2D eigenvalue weighted by atomic mass is 9.84. The molecule has 1 amide bonds. The molecule has 2 N–H and O–H groups in total. The lowest BCUT2D eigenvalue weighted by Crippen LogP contribution is -2.43. The average molecular weight is 288 g/mol. The molecule has 1 aromatic carbocycles. The summed E-state index contributed by atoms with van der Waals surface area (Å²) in [6.45, 7) is 6.19. The van der Waals surface area contributed by atoms with Gasteiger partial charge in [-0.15, -0.1) is 11.3 Å². The third-order valence-corrected chi connectivity index (χ3v) is 5.04. The van der Waals surface area contributed by atoms with Gasteiger partial charge in [-0.2, -0.15) is 0 Å². The number of carbonyl (C=O) groups is 1. The van der Waals surface area contributed by atoms with Gasteiger partial charge in [-0.3, -0.25) is 4.79 Å². The van der Waals surface area contributed by atoms with Crippen LogP contribution in [0.15, 0.2) is 24.3 Å². The minimum atomic E-state index is 0.164. The minimum Gasteiger partial charge on any atom is -0.399 e. The second-order valence-electron chi connectivity index (χ2n) is 6.40. The summed E-state index contributed by atoms with van der Waals surface area (Å²) in [5.74, 6) is 0.164. The molecule has 0 aliphatic carbocycles. The molecule has 4 heteroatoms. The van der Waals surface area contributed by atoms with Gasteiger partial charge in [0.1, 0.15) is 0 Å². The predicted octanol–water partition coefficient (Wildman–Crippen LogP) is 3.75. The Morgan fingerprint density at radius 1 is 1.35 bits per heavy atom. The normalized spacial score (nSPS) is 18.4. The first-order valence-corrected chi connectivity index (χ1v) is 7.85. The summed E-state index contributed by atoms with van der Waals surface area (Å²) in [7, 11) is 0. The lowest BCUT2D eigenvalue weighted by molar-refractivity contribution is 0.0588. The number of carbonyl (C=O) groups excluding carboxylic acids is 1. The lowest BCUT2D eigenvalue weighted by Gasteiger charge is -2.37. The largest absolute Gasteiger partial charge is 0.399 e. The van der Waals surface area contributed by atoms with E-state index < -0.39 is 0 Å². The molecule has 1 saturated heterocycles. The van der Waals surface area contributed by atoms with E-state index in [-0.39, 0.29) is 11.3 Å². The van der Waals surface area contributed by atoms with Crippen molar-refractivity contribution in [1.82, 2.24) is 4.90 Å². The number of nitrogen functional groups attached to an aromatic ring is 1. The van der Waals surface area contributed by atoms with Gasteiger partial charge >= 0.3 is 0 Å². The number of hydrogen-bond donors (Lipinski definition) is 1. The number of rotatable bonds is 1. The Balaban J connectivity index is 1.88. The number of piperidine rings is 1. The van der Waals surface area contributed by atoms with Crippen LogP contribution >= 0.6 is 11.3 Å². The number of hydrogen-bond acceptors (Lipinski definition) is 3. The van der Waals surface area contributed by atoms with Gasteiger partial charge in [0.2, 0.25) is 0 Å². The molecule has 0 unspecified atom stereocenters. The number of anilines is 1. The molecule has 2 heterocycles. The molecule has 0 atom stereocenters. The van der Waals surface area contributed by atoms with E-state index in [9.17, 15) is 4.79 Å². The highest BCUT2D eigenvalue weighted by atomic mass is 32.1. The molecular formula is C16H20N2OS. The molecule has 1 fully saturated rings.